The topological polar surface area (TPSA) is 38.1 Å². The lowest BCUT2D eigenvalue weighted by molar-refractivity contribution is 0.460. The predicted octanol–water partition coefficient (Wildman–Crippen LogP) is 4.60. The SMILES string of the molecule is Clc1cccc2onc(NSc3ccccc3)c12. The molecule has 0 bridgehead atoms. The van der Waals surface area contributed by atoms with E-state index in [9.17, 15) is 0 Å². The molecule has 0 aliphatic heterocycles. The molecule has 0 fully saturated rings. The molecule has 1 aromatic heterocycles. The highest BCUT2D eigenvalue weighted by molar-refractivity contribution is 8.00. The first-order valence-electron chi connectivity index (χ1n) is 5.36. The molecule has 0 atom stereocenters. The van der Waals surface area contributed by atoms with Crippen molar-refractivity contribution in [3.8, 4) is 0 Å². The molecule has 2 aromatic carbocycles. The molecule has 3 aromatic rings. The van der Waals surface area contributed by atoms with Crippen LogP contribution in [0.1, 0.15) is 0 Å². The molecule has 0 aliphatic rings. The van der Waals surface area contributed by atoms with Crippen LogP contribution in [0.2, 0.25) is 5.02 Å². The van der Waals surface area contributed by atoms with E-state index >= 15 is 0 Å². The monoisotopic (exact) mass is 276 g/mol. The zero-order valence-electron chi connectivity index (χ0n) is 9.26. The Bertz CT molecular complexity index is 669. The van der Waals surface area contributed by atoms with Crippen molar-refractivity contribution < 1.29 is 4.52 Å². The standard InChI is InChI=1S/C13H9ClN2OS/c14-10-7-4-8-11-12(10)13(15-17-11)16-18-9-5-2-1-3-6-9/h1-8H,(H,15,16). The molecule has 0 radical (unpaired) electrons. The number of fused-ring (bicyclic) bond motifs is 1. The van der Waals surface area contributed by atoms with Gasteiger partial charge in [0.1, 0.15) is 0 Å². The molecule has 18 heavy (non-hydrogen) atoms. The zero-order valence-corrected chi connectivity index (χ0v) is 10.8. The third kappa shape index (κ3) is 2.17. The molecule has 5 heteroatoms. The normalized spacial score (nSPS) is 10.7. The summed E-state index contributed by atoms with van der Waals surface area (Å²) in [6, 6.07) is 15.5. The Morgan fingerprint density at radius 1 is 1.06 bits per heavy atom. The first-order chi connectivity index (χ1) is 8.84. The Morgan fingerprint density at radius 3 is 2.72 bits per heavy atom. The molecule has 3 nitrogen and oxygen atoms in total. The second kappa shape index (κ2) is 4.92. The second-order valence-corrected chi connectivity index (χ2v) is 4.95. The van der Waals surface area contributed by atoms with Crippen molar-refractivity contribution in [2.24, 2.45) is 0 Å². The number of aromatic nitrogens is 1. The molecule has 3 rings (SSSR count). The number of anilines is 1. The zero-order chi connectivity index (χ0) is 12.4. The smallest absolute Gasteiger partial charge is 0.189 e. The van der Waals surface area contributed by atoms with Crippen LogP contribution < -0.4 is 4.72 Å². The number of hydrogen-bond donors (Lipinski definition) is 1. The van der Waals surface area contributed by atoms with Crippen LogP contribution in [0.25, 0.3) is 11.0 Å². The summed E-state index contributed by atoms with van der Waals surface area (Å²) in [6.45, 7) is 0. The third-order valence-electron chi connectivity index (χ3n) is 2.46. The van der Waals surface area contributed by atoms with E-state index in [1.165, 1.54) is 11.9 Å². The predicted molar refractivity (Wildman–Crippen MR) is 74.9 cm³/mol. The molecule has 0 unspecified atom stereocenters. The van der Waals surface area contributed by atoms with Crippen LogP contribution in [-0.4, -0.2) is 5.16 Å². The summed E-state index contributed by atoms with van der Waals surface area (Å²) in [5.74, 6) is 0.643. The Balaban J connectivity index is 1.87. The van der Waals surface area contributed by atoms with Gasteiger partial charge in [0, 0.05) is 4.90 Å². The summed E-state index contributed by atoms with van der Waals surface area (Å²) in [4.78, 5) is 1.10. The number of halogens is 1. The van der Waals surface area contributed by atoms with Gasteiger partial charge in [0.15, 0.2) is 11.4 Å². The lowest BCUT2D eigenvalue weighted by Crippen LogP contribution is -1.87. The highest BCUT2D eigenvalue weighted by Crippen LogP contribution is 2.32. The van der Waals surface area contributed by atoms with E-state index in [2.05, 4.69) is 9.88 Å². The van der Waals surface area contributed by atoms with Crippen molar-refractivity contribution >= 4 is 40.3 Å². The van der Waals surface area contributed by atoms with Gasteiger partial charge >= 0.3 is 0 Å². The first-order valence-corrected chi connectivity index (χ1v) is 6.56. The summed E-state index contributed by atoms with van der Waals surface area (Å²) in [6.07, 6.45) is 0. The van der Waals surface area contributed by atoms with Gasteiger partial charge in [-0.25, -0.2) is 0 Å². The fraction of sp³-hybridized carbons (Fsp3) is 0. The van der Waals surface area contributed by atoms with E-state index in [1.807, 2.05) is 48.5 Å². The summed E-state index contributed by atoms with van der Waals surface area (Å²) in [7, 11) is 0. The summed E-state index contributed by atoms with van der Waals surface area (Å²) in [5.41, 5.74) is 0.679. The van der Waals surface area contributed by atoms with Crippen LogP contribution >= 0.6 is 23.5 Å². The molecule has 0 amide bonds. The number of nitrogens with zero attached hydrogens (tertiary/aromatic N) is 1. The van der Waals surface area contributed by atoms with Gasteiger partial charge in [-0.15, -0.1) is 0 Å². The van der Waals surface area contributed by atoms with Crippen molar-refractivity contribution in [3.63, 3.8) is 0 Å². The van der Waals surface area contributed by atoms with Crippen molar-refractivity contribution in [1.82, 2.24) is 5.16 Å². The first kappa shape index (κ1) is 11.4. The van der Waals surface area contributed by atoms with E-state index in [0.29, 0.717) is 16.4 Å². The maximum absolute atomic E-state index is 6.14. The summed E-state index contributed by atoms with van der Waals surface area (Å²) in [5, 5.41) is 5.42. The summed E-state index contributed by atoms with van der Waals surface area (Å²) >= 11 is 7.61. The van der Waals surface area contributed by atoms with Crippen molar-refractivity contribution in [2.75, 3.05) is 4.72 Å². The van der Waals surface area contributed by atoms with Crippen molar-refractivity contribution in [1.29, 1.82) is 0 Å². The van der Waals surface area contributed by atoms with E-state index in [1.54, 1.807) is 0 Å². The minimum Gasteiger partial charge on any atom is -0.354 e. The average Bonchev–Trinajstić information content (AvgIpc) is 2.82. The van der Waals surface area contributed by atoms with Gasteiger partial charge in [-0.1, -0.05) is 41.0 Å². The van der Waals surface area contributed by atoms with Gasteiger partial charge in [0.25, 0.3) is 0 Å². The molecule has 0 aliphatic carbocycles. The number of rotatable bonds is 3. The van der Waals surface area contributed by atoms with Crippen molar-refractivity contribution in [3.05, 3.63) is 53.6 Å². The fourth-order valence-corrected chi connectivity index (χ4v) is 2.52. The van der Waals surface area contributed by atoms with Crippen LogP contribution in [0.3, 0.4) is 0 Å². The quantitative estimate of drug-likeness (QED) is 0.710. The largest absolute Gasteiger partial charge is 0.354 e. The van der Waals surface area contributed by atoms with Gasteiger partial charge in [-0.2, -0.15) is 0 Å². The van der Waals surface area contributed by atoms with E-state index in [-0.39, 0.29) is 0 Å². The van der Waals surface area contributed by atoms with Crippen molar-refractivity contribution in [2.45, 2.75) is 4.90 Å². The number of hydrogen-bond acceptors (Lipinski definition) is 4. The van der Waals surface area contributed by atoms with Gasteiger partial charge < -0.3 is 9.25 Å². The molecule has 0 spiro atoms. The maximum atomic E-state index is 6.14. The lowest BCUT2D eigenvalue weighted by Gasteiger charge is -2.01. The van der Waals surface area contributed by atoms with Crippen LogP contribution in [-0.2, 0) is 0 Å². The van der Waals surface area contributed by atoms with Gasteiger partial charge in [0.05, 0.1) is 10.4 Å². The van der Waals surface area contributed by atoms with Gasteiger partial charge in [-0.3, -0.25) is 0 Å². The third-order valence-corrected chi connectivity index (χ3v) is 3.57. The Kier molecular flexibility index (Phi) is 3.13. The molecular weight excluding hydrogens is 268 g/mol. The van der Waals surface area contributed by atoms with E-state index in [4.69, 9.17) is 16.1 Å². The number of benzene rings is 2. The Morgan fingerprint density at radius 2 is 1.89 bits per heavy atom. The molecule has 0 saturated heterocycles. The minimum atomic E-state index is 0.630. The fourth-order valence-electron chi connectivity index (χ4n) is 1.62. The van der Waals surface area contributed by atoms with Crippen LogP contribution in [0.15, 0.2) is 57.9 Å². The van der Waals surface area contributed by atoms with E-state index < -0.39 is 0 Å². The minimum absolute atomic E-state index is 0.630. The molecule has 1 heterocycles. The highest BCUT2D eigenvalue weighted by Gasteiger charge is 2.11. The Hall–Kier alpha value is -1.65. The molecular formula is C13H9ClN2OS. The lowest BCUT2D eigenvalue weighted by atomic mass is 10.2. The van der Waals surface area contributed by atoms with Crippen LogP contribution in [0.4, 0.5) is 5.82 Å². The molecule has 1 N–H and O–H groups in total. The average molecular weight is 277 g/mol. The van der Waals surface area contributed by atoms with E-state index in [0.717, 1.165) is 10.3 Å². The highest BCUT2D eigenvalue weighted by atomic mass is 35.5. The molecule has 0 saturated carbocycles. The second-order valence-electron chi connectivity index (χ2n) is 3.66. The van der Waals surface area contributed by atoms with Gasteiger partial charge in [0.2, 0.25) is 0 Å². The maximum Gasteiger partial charge on any atom is 0.189 e. The summed E-state index contributed by atoms with van der Waals surface area (Å²) < 4.78 is 8.36. The Labute approximate surface area is 113 Å². The van der Waals surface area contributed by atoms with Crippen LogP contribution in [0.5, 0.6) is 0 Å². The van der Waals surface area contributed by atoms with Crippen LogP contribution in [0, 0.1) is 0 Å². The number of nitrogens with one attached hydrogen (secondary N) is 1. The van der Waals surface area contributed by atoms with Gasteiger partial charge in [-0.05, 0) is 36.2 Å². The molecule has 90 valence electrons.